The molecule has 0 spiro atoms. The molecule has 1 aromatic rings. The highest BCUT2D eigenvalue weighted by Crippen LogP contribution is 2.15. The Bertz CT molecular complexity index is 477. The minimum absolute atomic E-state index is 0.0718. The summed E-state index contributed by atoms with van der Waals surface area (Å²) in [6.07, 6.45) is 3.63. The summed E-state index contributed by atoms with van der Waals surface area (Å²) in [4.78, 5) is 23.6. The van der Waals surface area contributed by atoms with Gasteiger partial charge in [0.2, 0.25) is 5.91 Å². The van der Waals surface area contributed by atoms with Gasteiger partial charge in [0.1, 0.15) is 5.75 Å². The molecule has 122 valence electrons. The molecular formula is C16H23ClN2O3. The van der Waals surface area contributed by atoms with Crippen LogP contribution >= 0.6 is 11.6 Å². The standard InChI is InChI=1S/C16H23ClN2O3/c1-3-5-6-12(4-2)16(21)19-18-15(20)11-22-14-9-7-13(17)8-10-14/h7-10,12H,3-6,11H2,1-2H3,(H,18,20)(H,19,21). The fourth-order valence-corrected chi connectivity index (χ4v) is 2.05. The smallest absolute Gasteiger partial charge is 0.276 e. The van der Waals surface area contributed by atoms with Crippen molar-refractivity contribution in [3.05, 3.63) is 29.3 Å². The summed E-state index contributed by atoms with van der Waals surface area (Å²) in [6, 6.07) is 6.70. The summed E-state index contributed by atoms with van der Waals surface area (Å²) in [5.41, 5.74) is 4.81. The molecule has 2 N–H and O–H groups in total. The first-order valence-corrected chi connectivity index (χ1v) is 7.91. The van der Waals surface area contributed by atoms with Crippen LogP contribution in [0.3, 0.4) is 0 Å². The van der Waals surface area contributed by atoms with E-state index in [9.17, 15) is 9.59 Å². The SMILES string of the molecule is CCCCC(CC)C(=O)NNC(=O)COc1ccc(Cl)cc1. The van der Waals surface area contributed by atoms with E-state index in [2.05, 4.69) is 17.8 Å². The lowest BCUT2D eigenvalue weighted by atomic mass is 9.99. The fraction of sp³-hybridized carbons (Fsp3) is 0.500. The number of hydrazine groups is 1. The molecule has 0 fully saturated rings. The first-order valence-electron chi connectivity index (χ1n) is 7.53. The number of rotatable bonds is 8. The van der Waals surface area contributed by atoms with E-state index in [0.717, 1.165) is 25.7 Å². The van der Waals surface area contributed by atoms with E-state index in [1.807, 2.05) is 6.92 Å². The van der Waals surface area contributed by atoms with Gasteiger partial charge in [-0.2, -0.15) is 0 Å². The molecule has 2 amide bonds. The van der Waals surface area contributed by atoms with E-state index in [0.29, 0.717) is 10.8 Å². The van der Waals surface area contributed by atoms with Gasteiger partial charge in [0.25, 0.3) is 5.91 Å². The van der Waals surface area contributed by atoms with Crippen molar-refractivity contribution in [1.82, 2.24) is 10.9 Å². The summed E-state index contributed by atoms with van der Waals surface area (Å²) >= 11 is 5.76. The quantitative estimate of drug-likeness (QED) is 0.721. The van der Waals surface area contributed by atoms with Gasteiger partial charge in [-0.05, 0) is 37.1 Å². The Balaban J connectivity index is 2.29. The van der Waals surface area contributed by atoms with Crippen molar-refractivity contribution in [3.63, 3.8) is 0 Å². The zero-order chi connectivity index (χ0) is 16.4. The maximum Gasteiger partial charge on any atom is 0.276 e. The molecule has 0 bridgehead atoms. The normalized spacial score (nSPS) is 11.6. The number of hydrogen-bond acceptors (Lipinski definition) is 3. The zero-order valence-electron chi connectivity index (χ0n) is 13.0. The first kappa shape index (κ1) is 18.3. The van der Waals surface area contributed by atoms with Crippen molar-refractivity contribution in [3.8, 4) is 5.75 Å². The molecule has 1 unspecified atom stereocenters. The topological polar surface area (TPSA) is 67.4 Å². The first-order chi connectivity index (χ1) is 10.6. The predicted molar refractivity (Wildman–Crippen MR) is 86.5 cm³/mol. The minimum Gasteiger partial charge on any atom is -0.484 e. The number of carbonyl (C=O) groups excluding carboxylic acids is 2. The van der Waals surface area contributed by atoms with Crippen molar-refractivity contribution in [1.29, 1.82) is 0 Å². The molecule has 5 nitrogen and oxygen atoms in total. The molecule has 0 aliphatic rings. The molecular weight excluding hydrogens is 304 g/mol. The summed E-state index contributed by atoms with van der Waals surface area (Å²) in [5.74, 6) is -0.0953. The molecule has 0 radical (unpaired) electrons. The van der Waals surface area contributed by atoms with Gasteiger partial charge in [-0.15, -0.1) is 0 Å². The number of ether oxygens (including phenoxy) is 1. The third-order valence-electron chi connectivity index (χ3n) is 3.28. The van der Waals surface area contributed by atoms with E-state index < -0.39 is 5.91 Å². The number of hydrogen-bond donors (Lipinski definition) is 2. The highest BCUT2D eigenvalue weighted by atomic mass is 35.5. The van der Waals surface area contributed by atoms with E-state index >= 15 is 0 Å². The van der Waals surface area contributed by atoms with E-state index in [4.69, 9.17) is 16.3 Å². The van der Waals surface area contributed by atoms with Crippen LogP contribution in [0.15, 0.2) is 24.3 Å². The molecule has 22 heavy (non-hydrogen) atoms. The Morgan fingerprint density at radius 1 is 1.18 bits per heavy atom. The Morgan fingerprint density at radius 3 is 2.45 bits per heavy atom. The second-order valence-electron chi connectivity index (χ2n) is 5.03. The van der Waals surface area contributed by atoms with Crippen molar-refractivity contribution >= 4 is 23.4 Å². The molecule has 1 rings (SSSR count). The van der Waals surface area contributed by atoms with Crippen LogP contribution in [-0.4, -0.2) is 18.4 Å². The highest BCUT2D eigenvalue weighted by molar-refractivity contribution is 6.30. The van der Waals surface area contributed by atoms with Crippen LogP contribution in [0.1, 0.15) is 39.5 Å². The largest absolute Gasteiger partial charge is 0.484 e. The third-order valence-corrected chi connectivity index (χ3v) is 3.53. The molecule has 6 heteroatoms. The van der Waals surface area contributed by atoms with Gasteiger partial charge >= 0.3 is 0 Å². The molecule has 0 aliphatic carbocycles. The summed E-state index contributed by atoms with van der Waals surface area (Å²) in [5, 5.41) is 0.599. The maximum absolute atomic E-state index is 11.9. The van der Waals surface area contributed by atoms with Crippen molar-refractivity contribution < 1.29 is 14.3 Å². The number of benzene rings is 1. The molecule has 0 aromatic heterocycles. The number of nitrogens with one attached hydrogen (secondary N) is 2. The van der Waals surface area contributed by atoms with Crippen LogP contribution in [0, 0.1) is 5.92 Å². The summed E-state index contributed by atoms with van der Waals surface area (Å²) in [7, 11) is 0. The molecule has 0 aliphatic heterocycles. The fourth-order valence-electron chi connectivity index (χ4n) is 1.92. The Labute approximate surface area is 136 Å². The molecule has 1 atom stereocenters. The Hall–Kier alpha value is -1.75. The second kappa shape index (κ2) is 10.1. The van der Waals surface area contributed by atoms with Gasteiger partial charge in [0.15, 0.2) is 6.61 Å². The van der Waals surface area contributed by atoms with E-state index in [1.54, 1.807) is 24.3 Å². The average Bonchev–Trinajstić information content (AvgIpc) is 2.53. The van der Waals surface area contributed by atoms with Gasteiger partial charge in [-0.3, -0.25) is 20.4 Å². The van der Waals surface area contributed by atoms with Gasteiger partial charge in [-0.1, -0.05) is 38.3 Å². The summed E-state index contributed by atoms with van der Waals surface area (Å²) in [6.45, 7) is 3.87. The monoisotopic (exact) mass is 326 g/mol. The van der Waals surface area contributed by atoms with Gasteiger partial charge in [-0.25, -0.2) is 0 Å². The molecule has 0 saturated heterocycles. The van der Waals surface area contributed by atoms with Crippen LogP contribution in [0.2, 0.25) is 5.02 Å². The van der Waals surface area contributed by atoms with Crippen LogP contribution < -0.4 is 15.6 Å². The molecule has 0 saturated carbocycles. The highest BCUT2D eigenvalue weighted by Gasteiger charge is 2.16. The van der Waals surface area contributed by atoms with Crippen LogP contribution in [0.25, 0.3) is 0 Å². The number of unbranched alkanes of at least 4 members (excludes halogenated alkanes) is 1. The van der Waals surface area contributed by atoms with Gasteiger partial charge in [0, 0.05) is 10.9 Å². The Morgan fingerprint density at radius 2 is 1.86 bits per heavy atom. The number of halogens is 1. The van der Waals surface area contributed by atoms with Gasteiger partial charge < -0.3 is 4.74 Å². The van der Waals surface area contributed by atoms with Gasteiger partial charge in [0.05, 0.1) is 0 Å². The van der Waals surface area contributed by atoms with Crippen molar-refractivity contribution in [2.24, 2.45) is 5.92 Å². The van der Waals surface area contributed by atoms with E-state index in [1.165, 1.54) is 0 Å². The van der Waals surface area contributed by atoms with E-state index in [-0.39, 0.29) is 18.4 Å². The van der Waals surface area contributed by atoms with Crippen LogP contribution in [0.5, 0.6) is 5.75 Å². The second-order valence-corrected chi connectivity index (χ2v) is 5.46. The third kappa shape index (κ3) is 6.80. The maximum atomic E-state index is 11.9. The zero-order valence-corrected chi connectivity index (χ0v) is 13.8. The average molecular weight is 327 g/mol. The van der Waals surface area contributed by atoms with Crippen molar-refractivity contribution in [2.45, 2.75) is 39.5 Å². The Kier molecular flexibility index (Phi) is 8.36. The lowest BCUT2D eigenvalue weighted by molar-refractivity contribution is -0.132. The predicted octanol–water partition coefficient (Wildman–Crippen LogP) is 3.08. The van der Waals surface area contributed by atoms with Crippen molar-refractivity contribution in [2.75, 3.05) is 6.61 Å². The molecule has 0 heterocycles. The summed E-state index contributed by atoms with van der Waals surface area (Å²) < 4.78 is 5.28. The minimum atomic E-state index is -0.409. The lowest BCUT2D eigenvalue weighted by Crippen LogP contribution is -2.46. The lowest BCUT2D eigenvalue weighted by Gasteiger charge is -2.15. The molecule has 1 aromatic carbocycles. The van der Waals surface area contributed by atoms with Crippen LogP contribution in [-0.2, 0) is 9.59 Å². The number of amides is 2. The number of carbonyl (C=O) groups is 2. The van der Waals surface area contributed by atoms with Crippen LogP contribution in [0.4, 0.5) is 0 Å².